The minimum absolute atomic E-state index is 0.734. The van der Waals surface area contributed by atoms with Gasteiger partial charge in [-0.2, -0.15) is 0 Å². The van der Waals surface area contributed by atoms with Gasteiger partial charge in [0.05, 0.1) is 13.3 Å². The van der Waals surface area contributed by atoms with Gasteiger partial charge in [0, 0.05) is 5.56 Å². The van der Waals surface area contributed by atoms with Crippen molar-refractivity contribution >= 4 is 11.9 Å². The topological polar surface area (TPSA) is 48.0 Å². The minimum atomic E-state index is 0.734. The van der Waals surface area contributed by atoms with E-state index in [1.54, 1.807) is 13.3 Å². The van der Waals surface area contributed by atoms with Crippen molar-refractivity contribution in [2.75, 3.05) is 7.11 Å². The van der Waals surface area contributed by atoms with Crippen LogP contribution in [0.1, 0.15) is 5.56 Å². The first kappa shape index (κ1) is 7.79. The first-order valence-electron chi connectivity index (χ1n) is 3.86. The molecule has 0 bridgehead atoms. The zero-order valence-corrected chi connectivity index (χ0v) is 7.14. The van der Waals surface area contributed by atoms with E-state index in [2.05, 4.69) is 15.7 Å². The van der Waals surface area contributed by atoms with Crippen molar-refractivity contribution in [1.82, 2.24) is 5.53 Å². The largest absolute Gasteiger partial charge is 0.496 e. The molecule has 4 nitrogen and oxygen atoms in total. The highest BCUT2D eigenvalue weighted by Crippen LogP contribution is 2.18. The van der Waals surface area contributed by atoms with Gasteiger partial charge in [-0.15, -0.1) is 10.2 Å². The number of hydrogen-bond donors (Lipinski definition) is 0. The molecule has 0 saturated carbocycles. The average Bonchev–Trinajstić information content (AvgIpc) is 2.70. The Morgan fingerprint density at radius 1 is 1.23 bits per heavy atom. The van der Waals surface area contributed by atoms with E-state index >= 15 is 0 Å². The number of nitrogens with zero attached hydrogens (tertiary/aromatic N) is 3. The maximum atomic E-state index is 5.17. The quantitative estimate of drug-likeness (QED) is 0.659. The molecule has 1 aliphatic heterocycles. The van der Waals surface area contributed by atoms with E-state index in [1.165, 1.54) is 0 Å². The molecule has 1 heterocycles. The second-order valence-corrected chi connectivity index (χ2v) is 2.52. The highest BCUT2D eigenvalue weighted by Gasteiger charge is 2.10. The lowest BCUT2D eigenvalue weighted by atomic mass is 10.1. The molecule has 4 heteroatoms. The minimum Gasteiger partial charge on any atom is -0.496 e. The van der Waals surface area contributed by atoms with Crippen LogP contribution < -0.4 is 10.3 Å². The Balaban J connectivity index is 2.44. The van der Waals surface area contributed by atoms with Gasteiger partial charge in [-0.05, 0) is 17.7 Å². The van der Waals surface area contributed by atoms with E-state index in [0.717, 1.165) is 17.0 Å². The molecule has 0 spiro atoms. The van der Waals surface area contributed by atoms with Crippen molar-refractivity contribution in [3.63, 3.8) is 0 Å². The van der Waals surface area contributed by atoms with Gasteiger partial charge in [-0.1, -0.05) is 12.1 Å². The van der Waals surface area contributed by atoms with Gasteiger partial charge < -0.3 is 4.74 Å². The lowest BCUT2D eigenvalue weighted by Crippen LogP contribution is -2.02. The molecule has 0 atom stereocenters. The summed E-state index contributed by atoms with van der Waals surface area (Å²) < 4.78 is 5.17. The Hall–Kier alpha value is -1.84. The molecule has 0 fully saturated rings. The van der Waals surface area contributed by atoms with Gasteiger partial charge >= 0.3 is 0 Å². The SMILES string of the molecule is COc1ccccc1C1=N[N]N=C1. The summed E-state index contributed by atoms with van der Waals surface area (Å²) in [5, 5.41) is 7.51. The Kier molecular flexibility index (Phi) is 1.96. The maximum absolute atomic E-state index is 5.17. The summed E-state index contributed by atoms with van der Waals surface area (Å²) in [6, 6.07) is 7.63. The fourth-order valence-electron chi connectivity index (χ4n) is 1.16. The Morgan fingerprint density at radius 2 is 2.08 bits per heavy atom. The van der Waals surface area contributed by atoms with Crippen LogP contribution >= 0.6 is 0 Å². The van der Waals surface area contributed by atoms with Crippen LogP contribution in [0.5, 0.6) is 5.75 Å². The zero-order valence-electron chi connectivity index (χ0n) is 7.14. The highest BCUT2D eigenvalue weighted by atomic mass is 16.5. The maximum Gasteiger partial charge on any atom is 0.128 e. The average molecular weight is 174 g/mol. The lowest BCUT2D eigenvalue weighted by Gasteiger charge is -2.04. The van der Waals surface area contributed by atoms with Crippen molar-refractivity contribution in [3.05, 3.63) is 29.8 Å². The molecule has 0 aliphatic carbocycles. The molecule has 65 valence electrons. The number of methoxy groups -OCH3 is 1. The molecule has 0 aromatic heterocycles. The van der Waals surface area contributed by atoms with Crippen molar-refractivity contribution in [2.45, 2.75) is 0 Å². The monoisotopic (exact) mass is 174 g/mol. The summed E-state index contributed by atoms with van der Waals surface area (Å²) in [4.78, 5) is 0. The van der Waals surface area contributed by atoms with Crippen LogP contribution in [-0.2, 0) is 0 Å². The Labute approximate surface area is 75.9 Å². The standard InChI is InChI=1S/C9H8N3O/c1-13-9-5-3-2-4-7(9)8-6-10-12-11-8/h2-6H,1H3. The van der Waals surface area contributed by atoms with E-state index < -0.39 is 0 Å². The normalized spacial score (nSPS) is 13.8. The summed E-state index contributed by atoms with van der Waals surface area (Å²) in [5.74, 6) is 0.782. The fourth-order valence-corrected chi connectivity index (χ4v) is 1.16. The number of para-hydroxylation sites is 1. The summed E-state index contributed by atoms with van der Waals surface area (Å²) in [7, 11) is 1.63. The van der Waals surface area contributed by atoms with Gasteiger partial charge in [0.1, 0.15) is 11.5 Å². The van der Waals surface area contributed by atoms with Gasteiger partial charge in [0.15, 0.2) is 0 Å². The molecule has 1 aliphatic rings. The molecule has 1 aromatic carbocycles. The number of rotatable bonds is 2. The van der Waals surface area contributed by atoms with Crippen molar-refractivity contribution < 1.29 is 4.74 Å². The highest BCUT2D eigenvalue weighted by molar-refractivity contribution is 6.39. The molecular weight excluding hydrogens is 166 g/mol. The first-order valence-corrected chi connectivity index (χ1v) is 3.86. The molecule has 13 heavy (non-hydrogen) atoms. The van der Waals surface area contributed by atoms with Crippen LogP contribution in [0.15, 0.2) is 34.5 Å². The van der Waals surface area contributed by atoms with Gasteiger partial charge in [-0.3, -0.25) is 0 Å². The van der Waals surface area contributed by atoms with E-state index in [0.29, 0.717) is 0 Å². The van der Waals surface area contributed by atoms with Crippen LogP contribution in [0.4, 0.5) is 0 Å². The second-order valence-electron chi connectivity index (χ2n) is 2.52. The summed E-state index contributed by atoms with van der Waals surface area (Å²) in [6.07, 6.45) is 1.61. The first-order chi connectivity index (χ1) is 6.42. The van der Waals surface area contributed by atoms with Crippen LogP contribution in [0.25, 0.3) is 0 Å². The molecule has 2 rings (SSSR count). The van der Waals surface area contributed by atoms with Gasteiger partial charge in [-0.25, -0.2) is 0 Å². The van der Waals surface area contributed by atoms with Crippen LogP contribution in [0.2, 0.25) is 0 Å². The number of ether oxygens (including phenoxy) is 1. The predicted molar refractivity (Wildman–Crippen MR) is 50.2 cm³/mol. The van der Waals surface area contributed by atoms with E-state index in [-0.39, 0.29) is 0 Å². The molecule has 0 saturated heterocycles. The van der Waals surface area contributed by atoms with Gasteiger partial charge in [0.25, 0.3) is 0 Å². The number of hydrogen-bond acceptors (Lipinski definition) is 3. The van der Waals surface area contributed by atoms with Crippen molar-refractivity contribution in [1.29, 1.82) is 0 Å². The van der Waals surface area contributed by atoms with Crippen LogP contribution in [-0.4, -0.2) is 19.0 Å². The smallest absolute Gasteiger partial charge is 0.128 e. The lowest BCUT2D eigenvalue weighted by molar-refractivity contribution is 0.414. The fraction of sp³-hybridized carbons (Fsp3) is 0.111. The van der Waals surface area contributed by atoms with Crippen molar-refractivity contribution in [2.24, 2.45) is 10.2 Å². The molecule has 1 radical (unpaired) electrons. The van der Waals surface area contributed by atoms with E-state index in [9.17, 15) is 0 Å². The molecule has 0 unspecified atom stereocenters. The Bertz CT molecular complexity index is 371. The Morgan fingerprint density at radius 3 is 2.77 bits per heavy atom. The molecule has 0 amide bonds. The van der Waals surface area contributed by atoms with Crippen LogP contribution in [0.3, 0.4) is 0 Å². The summed E-state index contributed by atoms with van der Waals surface area (Å²) >= 11 is 0. The van der Waals surface area contributed by atoms with E-state index in [4.69, 9.17) is 4.74 Å². The van der Waals surface area contributed by atoms with Crippen molar-refractivity contribution in [3.8, 4) is 5.75 Å². The number of benzene rings is 1. The zero-order chi connectivity index (χ0) is 9.10. The summed E-state index contributed by atoms with van der Waals surface area (Å²) in [5.41, 5.74) is 5.16. The van der Waals surface area contributed by atoms with Crippen LogP contribution in [0, 0.1) is 0 Å². The predicted octanol–water partition coefficient (Wildman–Crippen LogP) is 1.00. The van der Waals surface area contributed by atoms with Gasteiger partial charge in [0.2, 0.25) is 0 Å². The molecule has 0 N–H and O–H groups in total. The van der Waals surface area contributed by atoms with E-state index in [1.807, 2.05) is 24.3 Å². The molecular formula is C9H8N3O. The third-order valence-electron chi connectivity index (χ3n) is 1.77. The molecule has 1 aromatic rings. The second kappa shape index (κ2) is 3.26. The third kappa shape index (κ3) is 1.38. The third-order valence-corrected chi connectivity index (χ3v) is 1.77. The summed E-state index contributed by atoms with van der Waals surface area (Å²) in [6.45, 7) is 0.